The Hall–Kier alpha value is -3.00. The molecule has 2 amide bonds. The van der Waals surface area contributed by atoms with Crippen molar-refractivity contribution >= 4 is 29.0 Å². The fourth-order valence-electron chi connectivity index (χ4n) is 2.75. The lowest BCUT2D eigenvalue weighted by Crippen LogP contribution is -2.27. The van der Waals surface area contributed by atoms with Crippen LogP contribution in [-0.2, 0) is 18.3 Å². The Bertz CT molecular complexity index is 929. The van der Waals surface area contributed by atoms with Gasteiger partial charge in [-0.05, 0) is 18.9 Å². The van der Waals surface area contributed by atoms with Crippen LogP contribution in [0.4, 0.5) is 5.82 Å². The number of anilines is 1. The van der Waals surface area contributed by atoms with Crippen LogP contribution in [0, 0.1) is 6.92 Å². The lowest BCUT2D eigenvalue weighted by Gasteiger charge is -2.15. The first-order valence-electron chi connectivity index (χ1n) is 8.50. The third-order valence-corrected chi connectivity index (χ3v) is 5.02. The van der Waals surface area contributed by atoms with Crippen LogP contribution < -0.4 is 10.6 Å². The summed E-state index contributed by atoms with van der Waals surface area (Å²) in [7, 11) is 1.77. The molecule has 0 unspecified atom stereocenters. The smallest absolute Gasteiger partial charge is 0.276 e. The van der Waals surface area contributed by atoms with Crippen LogP contribution in [0.1, 0.15) is 39.6 Å². The first kappa shape index (κ1) is 18.8. The average Bonchev–Trinajstić information content (AvgIpc) is 3.24. The Kier molecular flexibility index (Phi) is 5.66. The maximum atomic E-state index is 12.5. The molecule has 2 aromatic heterocycles. The largest absolute Gasteiger partial charge is 0.347 e. The normalized spacial score (nSPS) is 11.8. The summed E-state index contributed by atoms with van der Waals surface area (Å²) in [6.45, 7) is 3.35. The minimum absolute atomic E-state index is 0.136. The number of nitrogens with zero attached hydrogens (tertiary/aromatic N) is 3. The van der Waals surface area contributed by atoms with E-state index in [0.717, 1.165) is 11.1 Å². The molecule has 7 nitrogen and oxygen atoms in total. The van der Waals surface area contributed by atoms with E-state index in [4.69, 9.17) is 0 Å². The third kappa shape index (κ3) is 4.59. The number of aromatic nitrogens is 3. The molecule has 0 aliphatic rings. The van der Waals surface area contributed by atoms with Gasteiger partial charge in [0.1, 0.15) is 16.5 Å². The fraction of sp³-hybridized carbons (Fsp3) is 0.263. The highest BCUT2D eigenvalue weighted by molar-refractivity contribution is 7.10. The van der Waals surface area contributed by atoms with Crippen LogP contribution >= 0.6 is 11.3 Å². The number of hydrogen-bond donors (Lipinski definition) is 2. The van der Waals surface area contributed by atoms with Crippen molar-refractivity contribution < 1.29 is 9.59 Å². The van der Waals surface area contributed by atoms with Crippen molar-refractivity contribution in [2.45, 2.75) is 26.3 Å². The van der Waals surface area contributed by atoms with E-state index >= 15 is 0 Å². The molecular weight excluding hydrogens is 362 g/mol. The zero-order chi connectivity index (χ0) is 19.4. The third-order valence-electron chi connectivity index (χ3n) is 4.07. The molecule has 0 saturated heterocycles. The Morgan fingerprint density at radius 3 is 2.63 bits per heavy atom. The molecule has 140 valence electrons. The van der Waals surface area contributed by atoms with Crippen LogP contribution in [0.2, 0.25) is 0 Å². The van der Waals surface area contributed by atoms with E-state index in [9.17, 15) is 9.59 Å². The lowest BCUT2D eigenvalue weighted by atomic mass is 10.1. The van der Waals surface area contributed by atoms with Crippen molar-refractivity contribution in [3.05, 3.63) is 63.7 Å². The van der Waals surface area contributed by atoms with Gasteiger partial charge in [0, 0.05) is 24.9 Å². The minimum atomic E-state index is -0.300. The number of benzene rings is 1. The van der Waals surface area contributed by atoms with Crippen LogP contribution in [0.3, 0.4) is 0 Å². The molecular formula is C19H21N5O2S. The number of hydrogen-bond acceptors (Lipinski definition) is 5. The highest BCUT2D eigenvalue weighted by Gasteiger charge is 2.20. The maximum Gasteiger partial charge on any atom is 0.276 e. The van der Waals surface area contributed by atoms with Gasteiger partial charge in [0.2, 0.25) is 5.91 Å². The monoisotopic (exact) mass is 383 g/mol. The fourth-order valence-corrected chi connectivity index (χ4v) is 3.60. The van der Waals surface area contributed by atoms with Crippen LogP contribution in [0.5, 0.6) is 0 Å². The van der Waals surface area contributed by atoms with Gasteiger partial charge in [-0.25, -0.2) is 4.98 Å². The second-order valence-corrected chi connectivity index (χ2v) is 7.16. The van der Waals surface area contributed by atoms with E-state index in [2.05, 4.69) is 20.7 Å². The molecule has 0 spiro atoms. The van der Waals surface area contributed by atoms with Crippen LogP contribution in [0.15, 0.2) is 41.9 Å². The lowest BCUT2D eigenvalue weighted by molar-refractivity contribution is -0.119. The summed E-state index contributed by atoms with van der Waals surface area (Å²) in [4.78, 5) is 28.6. The van der Waals surface area contributed by atoms with Gasteiger partial charge < -0.3 is 10.6 Å². The number of thiazole rings is 1. The quantitative estimate of drug-likeness (QED) is 0.685. The van der Waals surface area contributed by atoms with Crippen LogP contribution in [0.25, 0.3) is 0 Å². The Morgan fingerprint density at radius 2 is 2.00 bits per heavy atom. The van der Waals surface area contributed by atoms with Gasteiger partial charge in [0.25, 0.3) is 5.91 Å². The van der Waals surface area contributed by atoms with Crippen molar-refractivity contribution in [1.29, 1.82) is 0 Å². The number of carbonyl (C=O) groups is 2. The molecule has 0 bridgehead atoms. The van der Waals surface area contributed by atoms with E-state index < -0.39 is 0 Å². The van der Waals surface area contributed by atoms with Gasteiger partial charge in [0.15, 0.2) is 0 Å². The Balaban J connectivity index is 1.78. The van der Waals surface area contributed by atoms with Crippen molar-refractivity contribution in [3.63, 3.8) is 0 Å². The van der Waals surface area contributed by atoms with Gasteiger partial charge in [0.05, 0.1) is 12.2 Å². The molecule has 2 heterocycles. The predicted molar refractivity (Wildman–Crippen MR) is 105 cm³/mol. The molecule has 1 atom stereocenters. The summed E-state index contributed by atoms with van der Waals surface area (Å²) in [5.74, 6) is 0.199. The van der Waals surface area contributed by atoms with E-state index in [1.807, 2.05) is 37.3 Å². The van der Waals surface area contributed by atoms with E-state index in [-0.39, 0.29) is 17.9 Å². The molecule has 0 radical (unpaired) electrons. The van der Waals surface area contributed by atoms with Crippen molar-refractivity contribution in [3.8, 4) is 0 Å². The summed E-state index contributed by atoms with van der Waals surface area (Å²) in [6.07, 6.45) is 2.30. The zero-order valence-corrected chi connectivity index (χ0v) is 16.2. The molecule has 27 heavy (non-hydrogen) atoms. The van der Waals surface area contributed by atoms with Crippen molar-refractivity contribution in [1.82, 2.24) is 20.1 Å². The van der Waals surface area contributed by atoms with Gasteiger partial charge in [-0.3, -0.25) is 14.3 Å². The molecule has 0 aliphatic carbocycles. The molecule has 2 N–H and O–H groups in total. The Labute approximate surface area is 161 Å². The summed E-state index contributed by atoms with van der Waals surface area (Å²) in [5, 5.41) is 12.3. The highest BCUT2D eigenvalue weighted by Crippen LogP contribution is 2.23. The van der Waals surface area contributed by atoms with Gasteiger partial charge in [-0.1, -0.05) is 30.3 Å². The Morgan fingerprint density at radius 1 is 1.26 bits per heavy atom. The second-order valence-electron chi connectivity index (χ2n) is 6.27. The van der Waals surface area contributed by atoms with E-state index in [0.29, 0.717) is 22.9 Å². The van der Waals surface area contributed by atoms with Gasteiger partial charge >= 0.3 is 0 Å². The summed E-state index contributed by atoms with van der Waals surface area (Å²) >= 11 is 1.36. The first-order chi connectivity index (χ1) is 12.9. The second kappa shape index (κ2) is 8.13. The van der Waals surface area contributed by atoms with E-state index in [1.165, 1.54) is 18.3 Å². The molecule has 0 saturated carbocycles. The first-order valence-corrected chi connectivity index (χ1v) is 9.38. The van der Waals surface area contributed by atoms with Crippen LogP contribution in [-0.4, -0.2) is 26.6 Å². The van der Waals surface area contributed by atoms with Crippen molar-refractivity contribution in [2.24, 2.45) is 7.05 Å². The number of rotatable bonds is 6. The average molecular weight is 383 g/mol. The minimum Gasteiger partial charge on any atom is -0.347 e. The van der Waals surface area contributed by atoms with Crippen molar-refractivity contribution in [2.75, 3.05) is 5.32 Å². The number of aryl methyl sites for hydroxylation is 2. The standard InChI is InChI=1S/C19H21N5O2S/c1-12-10-20-24(3)17(12)23-18(26)16-11-27-19(22-16)15(21-13(2)25)9-14-7-5-4-6-8-14/h4-8,10-11,15H,9H2,1-3H3,(H,21,25)(H,23,26)/t15-/m1/s1. The maximum absolute atomic E-state index is 12.5. The molecule has 3 rings (SSSR count). The predicted octanol–water partition coefficient (Wildman–Crippen LogP) is 2.86. The molecule has 0 aliphatic heterocycles. The number of nitrogens with one attached hydrogen (secondary N) is 2. The summed E-state index contributed by atoms with van der Waals surface area (Å²) in [5.41, 5.74) is 2.28. The van der Waals surface area contributed by atoms with Gasteiger partial charge in [-0.2, -0.15) is 5.10 Å². The van der Waals surface area contributed by atoms with E-state index in [1.54, 1.807) is 23.3 Å². The molecule has 3 aromatic rings. The SMILES string of the molecule is CC(=O)N[C@H](Cc1ccccc1)c1nc(C(=O)Nc2c(C)cnn2C)cs1. The number of carbonyl (C=O) groups excluding carboxylic acids is 2. The van der Waals surface area contributed by atoms with Gasteiger partial charge in [-0.15, -0.1) is 11.3 Å². The molecule has 1 aromatic carbocycles. The summed E-state index contributed by atoms with van der Waals surface area (Å²) < 4.78 is 1.61. The highest BCUT2D eigenvalue weighted by atomic mass is 32.1. The summed E-state index contributed by atoms with van der Waals surface area (Å²) in [6, 6.07) is 9.58. The number of amides is 2. The molecule has 0 fully saturated rings. The zero-order valence-electron chi connectivity index (χ0n) is 15.4. The topological polar surface area (TPSA) is 88.9 Å². The molecule has 8 heteroatoms.